The molecule has 1 unspecified atom stereocenters. The fourth-order valence-corrected chi connectivity index (χ4v) is 1.97. The number of halogens is 2. The SMILES string of the molecule is Cn1ccnc1C(NN)c1ccc(F)cc1Cl. The molecule has 3 N–H and O–H groups in total. The van der Waals surface area contributed by atoms with Gasteiger partial charge in [0.05, 0.1) is 0 Å². The minimum Gasteiger partial charge on any atom is -0.336 e. The van der Waals surface area contributed by atoms with Gasteiger partial charge in [0, 0.05) is 24.5 Å². The van der Waals surface area contributed by atoms with Crippen molar-refractivity contribution in [3.63, 3.8) is 0 Å². The zero-order valence-corrected chi connectivity index (χ0v) is 9.95. The number of aryl methyl sites for hydroxylation is 1. The number of nitrogens with zero attached hydrogens (tertiary/aromatic N) is 2. The van der Waals surface area contributed by atoms with E-state index in [2.05, 4.69) is 10.4 Å². The van der Waals surface area contributed by atoms with E-state index in [1.165, 1.54) is 12.1 Å². The van der Waals surface area contributed by atoms with Crippen LogP contribution in [-0.2, 0) is 7.05 Å². The van der Waals surface area contributed by atoms with Crippen molar-refractivity contribution in [2.45, 2.75) is 6.04 Å². The summed E-state index contributed by atoms with van der Waals surface area (Å²) >= 11 is 6.00. The number of hydrogen-bond donors (Lipinski definition) is 2. The Labute approximate surface area is 103 Å². The van der Waals surface area contributed by atoms with Gasteiger partial charge < -0.3 is 4.57 Å². The standard InChI is InChI=1S/C11H12ClFN4/c1-17-5-4-15-11(17)10(16-14)8-3-2-7(13)6-9(8)12/h2-6,10,16H,14H2,1H3. The fraction of sp³-hybridized carbons (Fsp3) is 0.182. The fourth-order valence-electron chi connectivity index (χ4n) is 1.69. The van der Waals surface area contributed by atoms with Gasteiger partial charge in [-0.3, -0.25) is 5.84 Å². The highest BCUT2D eigenvalue weighted by Crippen LogP contribution is 2.27. The molecule has 0 radical (unpaired) electrons. The predicted octanol–water partition coefficient (Wildman–Crippen LogP) is 1.77. The first-order valence-electron chi connectivity index (χ1n) is 5.01. The third kappa shape index (κ3) is 2.31. The summed E-state index contributed by atoms with van der Waals surface area (Å²) in [4.78, 5) is 4.19. The zero-order chi connectivity index (χ0) is 12.4. The predicted molar refractivity (Wildman–Crippen MR) is 63.8 cm³/mol. The van der Waals surface area contributed by atoms with Crippen LogP contribution in [0.1, 0.15) is 17.4 Å². The van der Waals surface area contributed by atoms with Crippen LogP contribution in [-0.4, -0.2) is 9.55 Å². The van der Waals surface area contributed by atoms with Gasteiger partial charge in [0.1, 0.15) is 17.7 Å². The molecule has 0 saturated heterocycles. The minimum atomic E-state index is -0.380. The van der Waals surface area contributed by atoms with Gasteiger partial charge in [0.2, 0.25) is 0 Å². The number of aromatic nitrogens is 2. The van der Waals surface area contributed by atoms with E-state index in [9.17, 15) is 4.39 Å². The Bertz CT molecular complexity index is 526. The lowest BCUT2D eigenvalue weighted by molar-refractivity contribution is 0.576. The molecule has 6 heteroatoms. The molecule has 2 rings (SSSR count). The first-order chi connectivity index (χ1) is 8.13. The Hall–Kier alpha value is -1.43. The molecule has 0 aliphatic carbocycles. The lowest BCUT2D eigenvalue weighted by atomic mass is 10.1. The molecule has 90 valence electrons. The maximum absolute atomic E-state index is 13.0. The van der Waals surface area contributed by atoms with Crippen LogP contribution >= 0.6 is 11.6 Å². The quantitative estimate of drug-likeness (QED) is 0.648. The van der Waals surface area contributed by atoms with Crippen LogP contribution in [0.15, 0.2) is 30.6 Å². The number of rotatable bonds is 3. The summed E-state index contributed by atoms with van der Waals surface area (Å²) in [5.41, 5.74) is 3.32. The highest BCUT2D eigenvalue weighted by Gasteiger charge is 2.19. The molecule has 0 aliphatic rings. The zero-order valence-electron chi connectivity index (χ0n) is 9.19. The number of nitrogens with two attached hydrogens (primary N) is 1. The summed E-state index contributed by atoms with van der Waals surface area (Å²) in [6.07, 6.45) is 3.47. The molecule has 0 amide bonds. The molecule has 0 saturated carbocycles. The molecule has 1 aromatic carbocycles. The number of imidazole rings is 1. The second-order valence-corrected chi connectivity index (χ2v) is 4.07. The van der Waals surface area contributed by atoms with Crippen LogP contribution in [0.25, 0.3) is 0 Å². The van der Waals surface area contributed by atoms with Crippen LogP contribution in [0.5, 0.6) is 0 Å². The van der Waals surface area contributed by atoms with E-state index in [-0.39, 0.29) is 11.9 Å². The molecule has 17 heavy (non-hydrogen) atoms. The molecule has 0 aliphatic heterocycles. The van der Waals surface area contributed by atoms with Gasteiger partial charge >= 0.3 is 0 Å². The monoisotopic (exact) mass is 254 g/mol. The van der Waals surface area contributed by atoms with E-state index in [0.29, 0.717) is 16.4 Å². The second-order valence-electron chi connectivity index (χ2n) is 3.66. The second kappa shape index (κ2) is 4.83. The summed E-state index contributed by atoms with van der Waals surface area (Å²) in [6, 6.07) is 3.82. The first-order valence-corrected chi connectivity index (χ1v) is 5.39. The highest BCUT2D eigenvalue weighted by molar-refractivity contribution is 6.31. The van der Waals surface area contributed by atoms with Crippen molar-refractivity contribution >= 4 is 11.6 Å². The third-order valence-corrected chi connectivity index (χ3v) is 2.88. The molecule has 0 fully saturated rings. The number of hydrazine groups is 1. The average molecular weight is 255 g/mol. The van der Waals surface area contributed by atoms with Gasteiger partial charge in [-0.05, 0) is 17.7 Å². The van der Waals surface area contributed by atoms with E-state index in [4.69, 9.17) is 17.4 Å². The molecule has 0 bridgehead atoms. The summed E-state index contributed by atoms with van der Waals surface area (Å²) < 4.78 is 14.8. The van der Waals surface area contributed by atoms with E-state index in [1.54, 1.807) is 18.5 Å². The highest BCUT2D eigenvalue weighted by atomic mass is 35.5. The summed E-state index contributed by atoms with van der Waals surface area (Å²) in [6.45, 7) is 0. The van der Waals surface area contributed by atoms with Crippen molar-refractivity contribution in [3.8, 4) is 0 Å². The Morgan fingerprint density at radius 3 is 2.82 bits per heavy atom. The lowest BCUT2D eigenvalue weighted by Gasteiger charge is -2.17. The molecule has 1 aromatic heterocycles. The van der Waals surface area contributed by atoms with Crippen LogP contribution in [0.4, 0.5) is 4.39 Å². The van der Waals surface area contributed by atoms with Crippen molar-refractivity contribution in [2.75, 3.05) is 0 Å². The number of nitrogens with one attached hydrogen (secondary N) is 1. The van der Waals surface area contributed by atoms with E-state index in [1.807, 2.05) is 11.6 Å². The minimum absolute atomic E-state index is 0.316. The van der Waals surface area contributed by atoms with Gasteiger partial charge in [-0.15, -0.1) is 0 Å². The van der Waals surface area contributed by atoms with Crippen molar-refractivity contribution in [1.29, 1.82) is 0 Å². The van der Waals surface area contributed by atoms with Crippen molar-refractivity contribution in [2.24, 2.45) is 12.9 Å². The van der Waals surface area contributed by atoms with Crippen LogP contribution in [0.3, 0.4) is 0 Å². The van der Waals surface area contributed by atoms with Gasteiger partial charge in [-0.1, -0.05) is 17.7 Å². The first kappa shape index (κ1) is 12.0. The number of hydrogen-bond acceptors (Lipinski definition) is 3. The van der Waals surface area contributed by atoms with Crippen molar-refractivity contribution in [3.05, 3.63) is 52.8 Å². The number of benzene rings is 1. The molecular formula is C11H12ClFN4. The Kier molecular flexibility index (Phi) is 3.42. The van der Waals surface area contributed by atoms with Gasteiger partial charge in [-0.2, -0.15) is 0 Å². The Morgan fingerprint density at radius 2 is 2.29 bits per heavy atom. The molecular weight excluding hydrogens is 243 g/mol. The summed E-state index contributed by atoms with van der Waals surface area (Å²) in [5.74, 6) is 5.85. The Balaban J connectivity index is 2.46. The molecule has 1 atom stereocenters. The largest absolute Gasteiger partial charge is 0.336 e. The van der Waals surface area contributed by atoms with Crippen molar-refractivity contribution in [1.82, 2.24) is 15.0 Å². The normalized spacial score (nSPS) is 12.7. The topological polar surface area (TPSA) is 55.9 Å². The molecule has 0 spiro atoms. The summed E-state index contributed by atoms with van der Waals surface area (Å²) in [5, 5.41) is 0.316. The van der Waals surface area contributed by atoms with E-state index in [0.717, 1.165) is 0 Å². The molecule has 2 aromatic rings. The van der Waals surface area contributed by atoms with Gasteiger partial charge in [0.25, 0.3) is 0 Å². The smallest absolute Gasteiger partial charge is 0.131 e. The van der Waals surface area contributed by atoms with Crippen LogP contribution in [0, 0.1) is 5.82 Å². The van der Waals surface area contributed by atoms with E-state index >= 15 is 0 Å². The maximum atomic E-state index is 13.0. The van der Waals surface area contributed by atoms with Gasteiger partial charge in [-0.25, -0.2) is 14.8 Å². The van der Waals surface area contributed by atoms with Crippen LogP contribution in [0.2, 0.25) is 5.02 Å². The van der Waals surface area contributed by atoms with Crippen molar-refractivity contribution < 1.29 is 4.39 Å². The third-order valence-electron chi connectivity index (χ3n) is 2.56. The lowest BCUT2D eigenvalue weighted by Crippen LogP contribution is -2.31. The summed E-state index contributed by atoms with van der Waals surface area (Å²) in [7, 11) is 1.85. The van der Waals surface area contributed by atoms with E-state index < -0.39 is 0 Å². The van der Waals surface area contributed by atoms with Gasteiger partial charge in [0.15, 0.2) is 0 Å². The van der Waals surface area contributed by atoms with Crippen LogP contribution < -0.4 is 11.3 Å². The maximum Gasteiger partial charge on any atom is 0.131 e. The average Bonchev–Trinajstić information content (AvgIpc) is 2.69. The molecule has 1 heterocycles. The Morgan fingerprint density at radius 1 is 1.53 bits per heavy atom. The molecule has 4 nitrogen and oxygen atoms in total.